The fourth-order valence-electron chi connectivity index (χ4n) is 2.51. The minimum Gasteiger partial charge on any atom is -0.356 e. The van der Waals surface area contributed by atoms with Crippen LogP contribution in [0.25, 0.3) is 10.8 Å². The maximum Gasteiger partial charge on any atom is 0.136 e. The molecule has 2 aromatic rings. The average molecular weight is 291 g/mol. The van der Waals surface area contributed by atoms with Gasteiger partial charge < -0.3 is 4.90 Å². The highest BCUT2D eigenvalue weighted by Gasteiger charge is 2.23. The van der Waals surface area contributed by atoms with Crippen molar-refractivity contribution >= 4 is 32.5 Å². The quantitative estimate of drug-likeness (QED) is 0.788. The summed E-state index contributed by atoms with van der Waals surface area (Å²) >= 11 is 3.58. The van der Waals surface area contributed by atoms with E-state index in [1.165, 1.54) is 17.2 Å². The molecule has 0 bridgehead atoms. The van der Waals surface area contributed by atoms with Crippen molar-refractivity contribution < 1.29 is 0 Å². The maximum absolute atomic E-state index is 4.57. The van der Waals surface area contributed by atoms with Gasteiger partial charge in [0.15, 0.2) is 0 Å². The number of rotatable bonds is 2. The van der Waals surface area contributed by atoms with Gasteiger partial charge in [-0.05, 0) is 23.8 Å². The number of halogens is 1. The Bertz CT molecular complexity index is 521. The second-order valence-electron chi connectivity index (χ2n) is 4.61. The monoisotopic (exact) mass is 290 g/mol. The number of alkyl halides is 1. The fraction of sp³-hybridized carbons (Fsp3) is 0.357. The minimum atomic E-state index is 0.760. The zero-order chi connectivity index (χ0) is 11.7. The third-order valence-corrected chi connectivity index (χ3v) is 4.37. The predicted molar refractivity (Wildman–Crippen MR) is 75.9 cm³/mol. The van der Waals surface area contributed by atoms with Gasteiger partial charge in [-0.2, -0.15) is 0 Å². The Hall–Kier alpha value is -1.09. The van der Waals surface area contributed by atoms with E-state index in [1.54, 1.807) is 0 Å². The summed E-state index contributed by atoms with van der Waals surface area (Å²) in [6.45, 7) is 2.24. The first kappa shape index (κ1) is 11.0. The molecule has 1 unspecified atom stereocenters. The molecule has 1 aromatic heterocycles. The number of nitrogens with zero attached hydrogens (tertiary/aromatic N) is 2. The van der Waals surface area contributed by atoms with Crippen molar-refractivity contribution in [1.82, 2.24) is 4.98 Å². The molecule has 1 aliphatic heterocycles. The number of anilines is 1. The van der Waals surface area contributed by atoms with Gasteiger partial charge in [0.2, 0.25) is 0 Å². The van der Waals surface area contributed by atoms with Gasteiger partial charge in [0, 0.05) is 30.0 Å². The van der Waals surface area contributed by atoms with Gasteiger partial charge in [-0.15, -0.1) is 0 Å². The van der Waals surface area contributed by atoms with Crippen LogP contribution in [0.2, 0.25) is 0 Å². The largest absolute Gasteiger partial charge is 0.356 e. The fourth-order valence-corrected chi connectivity index (χ4v) is 3.04. The van der Waals surface area contributed by atoms with Crippen molar-refractivity contribution in [1.29, 1.82) is 0 Å². The summed E-state index contributed by atoms with van der Waals surface area (Å²) in [6.07, 6.45) is 3.18. The predicted octanol–water partition coefficient (Wildman–Crippen LogP) is 3.46. The molecule has 0 amide bonds. The summed E-state index contributed by atoms with van der Waals surface area (Å²) in [5.74, 6) is 1.90. The lowest BCUT2D eigenvalue weighted by Gasteiger charge is -2.19. The van der Waals surface area contributed by atoms with Gasteiger partial charge in [-0.25, -0.2) is 4.98 Å². The summed E-state index contributed by atoms with van der Waals surface area (Å²) in [4.78, 5) is 6.98. The highest BCUT2D eigenvalue weighted by atomic mass is 79.9. The van der Waals surface area contributed by atoms with Crippen molar-refractivity contribution in [3.8, 4) is 0 Å². The number of fused-ring (bicyclic) bond motifs is 1. The molecule has 1 atom stereocenters. The van der Waals surface area contributed by atoms with Crippen molar-refractivity contribution in [3.63, 3.8) is 0 Å². The van der Waals surface area contributed by atoms with E-state index in [-0.39, 0.29) is 0 Å². The zero-order valence-corrected chi connectivity index (χ0v) is 11.2. The number of hydrogen-bond donors (Lipinski definition) is 0. The second-order valence-corrected chi connectivity index (χ2v) is 5.26. The Kier molecular flexibility index (Phi) is 3.02. The standard InChI is InChI=1S/C14H15BrN2/c15-9-11-6-8-17(10-11)14-13-4-2-1-3-12(13)5-7-16-14/h1-5,7,11H,6,8-10H2. The van der Waals surface area contributed by atoms with Crippen molar-refractivity contribution in [2.75, 3.05) is 23.3 Å². The lowest BCUT2D eigenvalue weighted by atomic mass is 10.1. The molecule has 0 N–H and O–H groups in total. The molecular weight excluding hydrogens is 276 g/mol. The molecule has 1 fully saturated rings. The van der Waals surface area contributed by atoms with Crippen LogP contribution in [0.5, 0.6) is 0 Å². The SMILES string of the molecule is BrCC1CCN(c2nccc3ccccc23)C1. The summed E-state index contributed by atoms with van der Waals surface area (Å²) in [5.41, 5.74) is 0. The third-order valence-electron chi connectivity index (χ3n) is 3.46. The van der Waals surface area contributed by atoms with Crippen LogP contribution in [0.3, 0.4) is 0 Å². The molecule has 1 aromatic carbocycles. The normalized spacial score (nSPS) is 20.1. The summed E-state index contributed by atoms with van der Waals surface area (Å²) in [6, 6.07) is 10.6. The van der Waals surface area contributed by atoms with Gasteiger partial charge in [-0.1, -0.05) is 40.2 Å². The topological polar surface area (TPSA) is 16.1 Å². The van der Waals surface area contributed by atoms with Crippen LogP contribution < -0.4 is 4.90 Å². The van der Waals surface area contributed by atoms with Crippen LogP contribution >= 0.6 is 15.9 Å². The highest BCUT2D eigenvalue weighted by molar-refractivity contribution is 9.09. The second kappa shape index (κ2) is 4.65. The Morgan fingerprint density at radius 2 is 2.18 bits per heavy atom. The molecule has 3 rings (SSSR count). The van der Waals surface area contributed by atoms with E-state index in [0.717, 1.165) is 30.2 Å². The van der Waals surface area contributed by atoms with E-state index in [0.29, 0.717) is 0 Å². The molecule has 1 aliphatic rings. The average Bonchev–Trinajstić information content (AvgIpc) is 2.87. The molecule has 1 saturated heterocycles. The van der Waals surface area contributed by atoms with Crippen LogP contribution in [0, 0.1) is 5.92 Å². The summed E-state index contributed by atoms with van der Waals surface area (Å²) in [5, 5.41) is 3.64. The molecule has 0 radical (unpaired) electrons. The Labute approximate surface area is 110 Å². The highest BCUT2D eigenvalue weighted by Crippen LogP contribution is 2.29. The molecule has 3 heteroatoms. The van der Waals surface area contributed by atoms with Crippen LogP contribution in [0.4, 0.5) is 5.82 Å². The van der Waals surface area contributed by atoms with E-state index in [1.807, 2.05) is 6.20 Å². The number of benzene rings is 1. The van der Waals surface area contributed by atoms with E-state index >= 15 is 0 Å². The van der Waals surface area contributed by atoms with Crippen molar-refractivity contribution in [2.24, 2.45) is 5.92 Å². The van der Waals surface area contributed by atoms with E-state index < -0.39 is 0 Å². The van der Waals surface area contributed by atoms with Gasteiger partial charge in [0.25, 0.3) is 0 Å². The van der Waals surface area contributed by atoms with Gasteiger partial charge in [-0.3, -0.25) is 0 Å². The van der Waals surface area contributed by atoms with Crippen LogP contribution in [-0.2, 0) is 0 Å². The number of hydrogen-bond acceptors (Lipinski definition) is 2. The third kappa shape index (κ3) is 2.04. The smallest absolute Gasteiger partial charge is 0.136 e. The Morgan fingerprint density at radius 1 is 1.29 bits per heavy atom. The van der Waals surface area contributed by atoms with Crippen LogP contribution in [-0.4, -0.2) is 23.4 Å². The number of pyridine rings is 1. The molecule has 0 spiro atoms. The molecule has 2 nitrogen and oxygen atoms in total. The lowest BCUT2D eigenvalue weighted by molar-refractivity contribution is 0.675. The molecule has 88 valence electrons. The summed E-state index contributed by atoms with van der Waals surface area (Å²) < 4.78 is 0. The van der Waals surface area contributed by atoms with E-state index in [2.05, 4.69) is 56.1 Å². The first-order valence-corrected chi connectivity index (χ1v) is 7.15. The van der Waals surface area contributed by atoms with Gasteiger partial charge in [0.05, 0.1) is 0 Å². The first-order chi connectivity index (χ1) is 8.38. The molecular formula is C14H15BrN2. The Morgan fingerprint density at radius 3 is 3.00 bits per heavy atom. The molecule has 2 heterocycles. The van der Waals surface area contributed by atoms with Gasteiger partial charge in [0.1, 0.15) is 5.82 Å². The van der Waals surface area contributed by atoms with E-state index in [9.17, 15) is 0 Å². The van der Waals surface area contributed by atoms with Gasteiger partial charge >= 0.3 is 0 Å². The first-order valence-electron chi connectivity index (χ1n) is 6.03. The number of aromatic nitrogens is 1. The molecule has 0 saturated carbocycles. The van der Waals surface area contributed by atoms with Crippen LogP contribution in [0.15, 0.2) is 36.5 Å². The summed E-state index contributed by atoms with van der Waals surface area (Å²) in [7, 11) is 0. The van der Waals surface area contributed by atoms with Crippen molar-refractivity contribution in [2.45, 2.75) is 6.42 Å². The lowest BCUT2D eigenvalue weighted by Crippen LogP contribution is -2.21. The van der Waals surface area contributed by atoms with Crippen LogP contribution in [0.1, 0.15) is 6.42 Å². The minimum absolute atomic E-state index is 0.760. The van der Waals surface area contributed by atoms with E-state index in [4.69, 9.17) is 0 Å². The molecule has 0 aliphatic carbocycles. The van der Waals surface area contributed by atoms with Crippen molar-refractivity contribution in [3.05, 3.63) is 36.5 Å². The Balaban J connectivity index is 2.00. The maximum atomic E-state index is 4.57. The molecule has 17 heavy (non-hydrogen) atoms. The zero-order valence-electron chi connectivity index (χ0n) is 9.64.